The van der Waals surface area contributed by atoms with Gasteiger partial charge in [-0.2, -0.15) is 0 Å². The molecule has 23 heavy (non-hydrogen) atoms. The van der Waals surface area contributed by atoms with E-state index in [0.717, 1.165) is 32.4 Å². The average molecular weight is 318 g/mol. The van der Waals surface area contributed by atoms with Gasteiger partial charge in [0, 0.05) is 18.6 Å². The summed E-state index contributed by atoms with van der Waals surface area (Å²) >= 11 is 0. The van der Waals surface area contributed by atoms with E-state index in [1.807, 2.05) is 31.7 Å². The molecule has 1 aliphatic rings. The van der Waals surface area contributed by atoms with Crippen LogP contribution in [0, 0.1) is 0 Å². The molecule has 2 atom stereocenters. The number of piperidine rings is 1. The van der Waals surface area contributed by atoms with Gasteiger partial charge in [-0.1, -0.05) is 30.3 Å². The van der Waals surface area contributed by atoms with E-state index in [4.69, 9.17) is 4.74 Å². The van der Waals surface area contributed by atoms with Gasteiger partial charge in [-0.3, -0.25) is 0 Å². The number of amides is 1. The van der Waals surface area contributed by atoms with E-state index in [-0.39, 0.29) is 12.1 Å². The lowest BCUT2D eigenvalue weighted by atomic mass is 9.97. The molecule has 0 aromatic heterocycles. The molecule has 0 aliphatic carbocycles. The molecule has 1 fully saturated rings. The summed E-state index contributed by atoms with van der Waals surface area (Å²) in [7, 11) is 0. The first-order valence-electron chi connectivity index (χ1n) is 8.64. The van der Waals surface area contributed by atoms with Crippen LogP contribution in [0.2, 0.25) is 0 Å². The van der Waals surface area contributed by atoms with Gasteiger partial charge in [-0.25, -0.2) is 4.79 Å². The van der Waals surface area contributed by atoms with E-state index in [0.29, 0.717) is 6.04 Å². The van der Waals surface area contributed by atoms with Gasteiger partial charge in [-0.05, 0) is 59.1 Å². The van der Waals surface area contributed by atoms with Crippen LogP contribution in [0.5, 0.6) is 0 Å². The average Bonchev–Trinajstić information content (AvgIpc) is 2.48. The Kier molecular flexibility index (Phi) is 6.05. The van der Waals surface area contributed by atoms with Crippen molar-refractivity contribution in [1.29, 1.82) is 0 Å². The van der Waals surface area contributed by atoms with Crippen LogP contribution in [0.15, 0.2) is 30.3 Å². The first-order valence-corrected chi connectivity index (χ1v) is 8.64. The summed E-state index contributed by atoms with van der Waals surface area (Å²) in [5, 5.41) is 3.62. The van der Waals surface area contributed by atoms with Crippen LogP contribution >= 0.6 is 0 Å². The van der Waals surface area contributed by atoms with Crippen LogP contribution in [-0.2, 0) is 11.2 Å². The second-order valence-corrected chi connectivity index (χ2v) is 7.35. The lowest BCUT2D eigenvalue weighted by molar-refractivity contribution is 0.00713. The molecule has 1 aromatic rings. The molecule has 128 valence electrons. The van der Waals surface area contributed by atoms with Crippen LogP contribution in [0.3, 0.4) is 0 Å². The van der Waals surface area contributed by atoms with Gasteiger partial charge in [0.05, 0.1) is 0 Å². The number of nitrogens with zero attached hydrogens (tertiary/aromatic N) is 1. The number of hydrogen-bond acceptors (Lipinski definition) is 3. The summed E-state index contributed by atoms with van der Waals surface area (Å²) in [4.78, 5) is 14.2. The van der Waals surface area contributed by atoms with Crippen molar-refractivity contribution in [2.24, 2.45) is 0 Å². The predicted octanol–water partition coefficient (Wildman–Crippen LogP) is 3.61. The van der Waals surface area contributed by atoms with E-state index in [1.54, 1.807) is 0 Å². The van der Waals surface area contributed by atoms with Crippen molar-refractivity contribution in [3.63, 3.8) is 0 Å². The van der Waals surface area contributed by atoms with E-state index < -0.39 is 5.60 Å². The predicted molar refractivity (Wildman–Crippen MR) is 93.6 cm³/mol. The van der Waals surface area contributed by atoms with Crippen LogP contribution in [0.25, 0.3) is 0 Å². The van der Waals surface area contributed by atoms with E-state index in [9.17, 15) is 4.79 Å². The minimum Gasteiger partial charge on any atom is -0.444 e. The molecule has 4 nitrogen and oxygen atoms in total. The molecule has 1 aliphatic heterocycles. The highest BCUT2D eigenvalue weighted by Gasteiger charge is 2.33. The number of hydrogen-bond donors (Lipinski definition) is 1. The highest BCUT2D eigenvalue weighted by molar-refractivity contribution is 5.68. The zero-order valence-electron chi connectivity index (χ0n) is 14.8. The Bertz CT molecular complexity index is 496. The molecule has 0 saturated carbocycles. The molecule has 1 aromatic carbocycles. The Morgan fingerprint density at radius 3 is 2.65 bits per heavy atom. The SMILES string of the molecule is CC1C(NCCc2ccccc2)CCCN1C(=O)OC(C)(C)C. The number of ether oxygens (including phenoxy) is 1. The molecule has 1 N–H and O–H groups in total. The number of likely N-dealkylation sites (tertiary alicyclic amines) is 1. The summed E-state index contributed by atoms with van der Waals surface area (Å²) in [6.45, 7) is 9.57. The van der Waals surface area contributed by atoms with Crippen LogP contribution in [0.1, 0.15) is 46.1 Å². The maximum Gasteiger partial charge on any atom is 0.410 e. The zero-order valence-corrected chi connectivity index (χ0v) is 14.8. The summed E-state index contributed by atoms with van der Waals surface area (Å²) < 4.78 is 5.53. The smallest absolute Gasteiger partial charge is 0.410 e. The van der Waals surface area contributed by atoms with Gasteiger partial charge in [0.25, 0.3) is 0 Å². The minimum atomic E-state index is -0.440. The van der Waals surface area contributed by atoms with Crippen molar-refractivity contribution < 1.29 is 9.53 Å². The maximum absolute atomic E-state index is 12.3. The van der Waals surface area contributed by atoms with Crippen molar-refractivity contribution in [3.8, 4) is 0 Å². The third-order valence-corrected chi connectivity index (χ3v) is 4.28. The Morgan fingerprint density at radius 2 is 2.00 bits per heavy atom. The molecule has 0 bridgehead atoms. The third-order valence-electron chi connectivity index (χ3n) is 4.28. The third kappa shape index (κ3) is 5.54. The molecule has 1 saturated heterocycles. The summed E-state index contributed by atoms with van der Waals surface area (Å²) in [6.07, 6.45) is 2.94. The Morgan fingerprint density at radius 1 is 1.30 bits per heavy atom. The monoisotopic (exact) mass is 318 g/mol. The van der Waals surface area contributed by atoms with E-state index >= 15 is 0 Å². The molecule has 2 rings (SSSR count). The molecule has 2 unspecified atom stereocenters. The second kappa shape index (κ2) is 7.82. The van der Waals surface area contributed by atoms with Crippen molar-refractivity contribution >= 4 is 6.09 Å². The molecular weight excluding hydrogens is 288 g/mol. The molecule has 1 heterocycles. The number of carbonyl (C=O) groups excluding carboxylic acids is 1. The van der Waals surface area contributed by atoms with Gasteiger partial charge >= 0.3 is 6.09 Å². The van der Waals surface area contributed by atoms with Crippen LogP contribution < -0.4 is 5.32 Å². The van der Waals surface area contributed by atoms with E-state index in [1.165, 1.54) is 5.56 Å². The number of nitrogens with one attached hydrogen (secondary N) is 1. The van der Waals surface area contributed by atoms with Crippen molar-refractivity contribution in [2.75, 3.05) is 13.1 Å². The standard InChI is InChI=1S/C19H30N2O2/c1-15-17(20-13-12-16-9-6-5-7-10-16)11-8-14-21(15)18(22)23-19(2,3)4/h5-7,9-10,15,17,20H,8,11-14H2,1-4H3. The van der Waals surface area contributed by atoms with Gasteiger partial charge in [0.2, 0.25) is 0 Å². The summed E-state index contributed by atoms with van der Waals surface area (Å²) in [6, 6.07) is 11.0. The van der Waals surface area contributed by atoms with Crippen molar-refractivity contribution in [2.45, 2.75) is 64.6 Å². The highest BCUT2D eigenvalue weighted by Crippen LogP contribution is 2.20. The lowest BCUT2D eigenvalue weighted by Crippen LogP contribution is -2.55. The number of benzene rings is 1. The fourth-order valence-electron chi connectivity index (χ4n) is 3.04. The van der Waals surface area contributed by atoms with E-state index in [2.05, 4.69) is 36.5 Å². The fraction of sp³-hybridized carbons (Fsp3) is 0.632. The normalized spacial score (nSPS) is 22.0. The minimum absolute atomic E-state index is 0.161. The first-order chi connectivity index (χ1) is 10.9. The summed E-state index contributed by atoms with van der Waals surface area (Å²) in [5.41, 5.74) is 0.900. The van der Waals surface area contributed by atoms with Crippen LogP contribution in [0.4, 0.5) is 4.79 Å². The van der Waals surface area contributed by atoms with Gasteiger partial charge < -0.3 is 15.0 Å². The maximum atomic E-state index is 12.3. The highest BCUT2D eigenvalue weighted by atomic mass is 16.6. The molecule has 0 radical (unpaired) electrons. The second-order valence-electron chi connectivity index (χ2n) is 7.35. The van der Waals surface area contributed by atoms with Crippen molar-refractivity contribution in [3.05, 3.63) is 35.9 Å². The molecular formula is C19H30N2O2. The van der Waals surface area contributed by atoms with Gasteiger partial charge in [0.1, 0.15) is 5.60 Å². The van der Waals surface area contributed by atoms with Crippen LogP contribution in [-0.4, -0.2) is 41.8 Å². The number of carbonyl (C=O) groups is 1. The Hall–Kier alpha value is -1.55. The van der Waals surface area contributed by atoms with Gasteiger partial charge in [0.15, 0.2) is 0 Å². The fourth-order valence-corrected chi connectivity index (χ4v) is 3.04. The quantitative estimate of drug-likeness (QED) is 0.922. The Balaban J connectivity index is 1.84. The van der Waals surface area contributed by atoms with Gasteiger partial charge in [-0.15, -0.1) is 0 Å². The number of rotatable bonds is 4. The molecule has 4 heteroatoms. The zero-order chi connectivity index (χ0) is 16.9. The largest absolute Gasteiger partial charge is 0.444 e. The lowest BCUT2D eigenvalue weighted by Gasteiger charge is -2.40. The Labute approximate surface area is 140 Å². The first kappa shape index (κ1) is 17.8. The summed E-state index contributed by atoms with van der Waals surface area (Å²) in [5.74, 6) is 0. The molecule has 0 spiro atoms. The molecule has 1 amide bonds. The van der Waals surface area contributed by atoms with Crippen molar-refractivity contribution in [1.82, 2.24) is 10.2 Å². The topological polar surface area (TPSA) is 41.6 Å².